The van der Waals surface area contributed by atoms with E-state index in [1.165, 1.54) is 0 Å². The zero-order valence-electron chi connectivity index (χ0n) is 15.3. The molecular weight excluding hydrogens is 358 g/mol. The number of para-hydroxylation sites is 1. The fourth-order valence-electron chi connectivity index (χ4n) is 2.56. The van der Waals surface area contributed by atoms with Gasteiger partial charge in [0.2, 0.25) is 23.5 Å². The normalized spacial score (nSPS) is 10.6. The van der Waals surface area contributed by atoms with Crippen molar-refractivity contribution in [3.8, 4) is 28.9 Å². The molecule has 2 aromatic carbocycles. The van der Waals surface area contributed by atoms with Crippen molar-refractivity contribution in [2.75, 3.05) is 24.8 Å². The van der Waals surface area contributed by atoms with E-state index in [1.807, 2.05) is 61.6 Å². The lowest BCUT2D eigenvalue weighted by molar-refractivity contribution is 0.414. The second-order valence-corrected chi connectivity index (χ2v) is 5.86. The summed E-state index contributed by atoms with van der Waals surface area (Å²) in [6, 6.07) is 16.9. The second kappa shape index (κ2) is 7.31. The van der Waals surface area contributed by atoms with Gasteiger partial charge in [0.05, 0.1) is 7.11 Å². The summed E-state index contributed by atoms with van der Waals surface area (Å²) in [5.41, 5.74) is 7.53. The van der Waals surface area contributed by atoms with Crippen molar-refractivity contribution in [2.45, 2.75) is 0 Å². The number of nitrogens with zero attached hydrogens (tertiary/aromatic N) is 6. The molecule has 0 amide bonds. The van der Waals surface area contributed by atoms with E-state index in [2.05, 4.69) is 25.1 Å². The number of hydrogen-bond acceptors (Lipinski definition) is 9. The van der Waals surface area contributed by atoms with Gasteiger partial charge < -0.3 is 19.9 Å². The molecule has 0 fully saturated rings. The third kappa shape index (κ3) is 3.45. The maximum Gasteiger partial charge on any atom is 0.258 e. The second-order valence-electron chi connectivity index (χ2n) is 5.86. The van der Waals surface area contributed by atoms with Gasteiger partial charge in [0.15, 0.2) is 0 Å². The fourth-order valence-corrected chi connectivity index (χ4v) is 2.56. The molecule has 0 aliphatic rings. The molecule has 2 heterocycles. The summed E-state index contributed by atoms with van der Waals surface area (Å²) in [6.07, 6.45) is 0. The Morgan fingerprint density at radius 2 is 1.64 bits per heavy atom. The largest absolute Gasteiger partial charge is 0.497 e. The molecule has 4 aromatic rings. The smallest absolute Gasteiger partial charge is 0.258 e. The number of methoxy groups -OCH3 is 1. The van der Waals surface area contributed by atoms with Crippen LogP contribution in [0, 0.1) is 0 Å². The van der Waals surface area contributed by atoms with Gasteiger partial charge in [-0.3, -0.25) is 0 Å². The predicted octanol–water partition coefficient (Wildman–Crippen LogP) is 2.95. The van der Waals surface area contributed by atoms with Gasteiger partial charge >= 0.3 is 0 Å². The molecule has 28 heavy (non-hydrogen) atoms. The van der Waals surface area contributed by atoms with Crippen LogP contribution in [0.1, 0.15) is 0 Å². The number of aromatic nitrogens is 5. The van der Waals surface area contributed by atoms with Crippen molar-refractivity contribution in [3.05, 3.63) is 54.6 Å². The molecule has 9 nitrogen and oxygen atoms in total. The zero-order valence-corrected chi connectivity index (χ0v) is 15.3. The Labute approximate surface area is 160 Å². The van der Waals surface area contributed by atoms with Gasteiger partial charge in [0.1, 0.15) is 5.75 Å². The van der Waals surface area contributed by atoms with E-state index in [9.17, 15) is 0 Å². The molecule has 0 bridgehead atoms. The van der Waals surface area contributed by atoms with Crippen LogP contribution in [0.2, 0.25) is 0 Å². The Kier molecular flexibility index (Phi) is 4.55. The summed E-state index contributed by atoms with van der Waals surface area (Å²) >= 11 is 0. The molecule has 2 aromatic heterocycles. The number of benzene rings is 2. The van der Waals surface area contributed by atoms with E-state index in [0.717, 1.165) is 17.0 Å². The predicted molar refractivity (Wildman–Crippen MR) is 104 cm³/mol. The Bertz CT molecular complexity index is 1080. The molecule has 9 heteroatoms. The Balaban J connectivity index is 1.66. The van der Waals surface area contributed by atoms with Crippen LogP contribution in [0.3, 0.4) is 0 Å². The van der Waals surface area contributed by atoms with Crippen molar-refractivity contribution in [2.24, 2.45) is 0 Å². The standard InChI is InChI=1S/C19H17N7O2/c1-26(13-6-4-3-5-7-13)19-23-15(22-18(20)24-19)16-21-17(28-25-16)12-8-10-14(27-2)11-9-12/h3-11H,1-2H3,(H2,20,22,23,24). The molecule has 0 saturated carbocycles. The Morgan fingerprint density at radius 1 is 0.893 bits per heavy atom. The summed E-state index contributed by atoms with van der Waals surface area (Å²) in [4.78, 5) is 18.9. The molecule has 2 N–H and O–H groups in total. The van der Waals surface area contributed by atoms with E-state index in [4.69, 9.17) is 15.0 Å². The quantitative estimate of drug-likeness (QED) is 0.562. The average Bonchev–Trinajstić information content (AvgIpc) is 3.24. The van der Waals surface area contributed by atoms with E-state index >= 15 is 0 Å². The lowest BCUT2D eigenvalue weighted by Gasteiger charge is -2.17. The Morgan fingerprint density at radius 3 is 2.36 bits per heavy atom. The number of anilines is 3. The zero-order chi connectivity index (χ0) is 19.5. The maximum atomic E-state index is 5.87. The van der Waals surface area contributed by atoms with Crippen molar-refractivity contribution >= 4 is 17.6 Å². The number of hydrogen-bond donors (Lipinski definition) is 1. The first kappa shape index (κ1) is 17.4. The van der Waals surface area contributed by atoms with Gasteiger partial charge in [-0.1, -0.05) is 23.4 Å². The lowest BCUT2D eigenvalue weighted by atomic mass is 10.2. The average molecular weight is 375 g/mol. The van der Waals surface area contributed by atoms with E-state index < -0.39 is 0 Å². The van der Waals surface area contributed by atoms with Crippen molar-refractivity contribution < 1.29 is 9.26 Å². The summed E-state index contributed by atoms with van der Waals surface area (Å²) in [7, 11) is 3.45. The van der Waals surface area contributed by atoms with Gasteiger partial charge in [-0.15, -0.1) is 0 Å². The van der Waals surface area contributed by atoms with Crippen LogP contribution in [0.15, 0.2) is 59.1 Å². The van der Waals surface area contributed by atoms with Gasteiger partial charge in [-0.05, 0) is 36.4 Å². The minimum absolute atomic E-state index is 0.0681. The molecule has 0 unspecified atom stereocenters. The molecule has 140 valence electrons. The van der Waals surface area contributed by atoms with E-state index in [1.54, 1.807) is 12.0 Å². The number of rotatable bonds is 5. The highest BCUT2D eigenvalue weighted by atomic mass is 16.5. The van der Waals surface area contributed by atoms with Crippen LogP contribution < -0.4 is 15.4 Å². The number of nitrogen functional groups attached to an aromatic ring is 1. The third-order valence-electron chi connectivity index (χ3n) is 4.05. The highest BCUT2D eigenvalue weighted by Gasteiger charge is 2.17. The summed E-state index contributed by atoms with van der Waals surface area (Å²) in [5.74, 6) is 1.98. The Hall–Kier alpha value is -4.01. The van der Waals surface area contributed by atoms with Gasteiger partial charge in [-0.25, -0.2) is 0 Å². The first-order chi connectivity index (χ1) is 13.6. The molecule has 0 aliphatic heterocycles. The molecule has 4 rings (SSSR count). The highest BCUT2D eigenvalue weighted by Crippen LogP contribution is 2.25. The van der Waals surface area contributed by atoms with Crippen LogP contribution in [-0.4, -0.2) is 39.3 Å². The van der Waals surface area contributed by atoms with E-state index in [-0.39, 0.29) is 17.6 Å². The van der Waals surface area contributed by atoms with Crippen LogP contribution in [-0.2, 0) is 0 Å². The van der Waals surface area contributed by atoms with Crippen molar-refractivity contribution in [3.63, 3.8) is 0 Å². The number of nitrogens with two attached hydrogens (primary N) is 1. The lowest BCUT2D eigenvalue weighted by Crippen LogP contribution is -2.15. The molecule has 0 spiro atoms. The molecule has 0 aliphatic carbocycles. The summed E-state index contributed by atoms with van der Waals surface area (Å²) < 4.78 is 10.5. The first-order valence-electron chi connectivity index (χ1n) is 8.43. The fraction of sp³-hybridized carbons (Fsp3) is 0.105. The van der Waals surface area contributed by atoms with Crippen LogP contribution in [0.5, 0.6) is 5.75 Å². The van der Waals surface area contributed by atoms with Crippen LogP contribution in [0.4, 0.5) is 17.6 Å². The third-order valence-corrected chi connectivity index (χ3v) is 4.05. The van der Waals surface area contributed by atoms with Gasteiger partial charge in [0, 0.05) is 18.3 Å². The first-order valence-corrected chi connectivity index (χ1v) is 8.43. The molecule has 0 atom stereocenters. The van der Waals surface area contributed by atoms with Crippen LogP contribution in [0.25, 0.3) is 23.1 Å². The highest BCUT2D eigenvalue weighted by molar-refractivity contribution is 5.60. The van der Waals surface area contributed by atoms with Gasteiger partial charge in [-0.2, -0.15) is 19.9 Å². The summed E-state index contributed by atoms with van der Waals surface area (Å²) in [6.45, 7) is 0. The SMILES string of the molecule is COc1ccc(-c2nc(-c3nc(N)nc(N(C)c4ccccc4)n3)no2)cc1. The summed E-state index contributed by atoms with van der Waals surface area (Å²) in [5, 5.41) is 3.98. The molecule has 0 saturated heterocycles. The maximum absolute atomic E-state index is 5.87. The van der Waals surface area contributed by atoms with Crippen molar-refractivity contribution in [1.82, 2.24) is 25.1 Å². The van der Waals surface area contributed by atoms with E-state index in [0.29, 0.717) is 11.8 Å². The minimum Gasteiger partial charge on any atom is -0.497 e. The molecule has 0 radical (unpaired) electrons. The topological polar surface area (TPSA) is 116 Å². The number of ether oxygens (including phenoxy) is 1. The van der Waals surface area contributed by atoms with Crippen LogP contribution >= 0.6 is 0 Å². The monoisotopic (exact) mass is 375 g/mol. The molecular formula is C19H17N7O2. The van der Waals surface area contributed by atoms with Gasteiger partial charge in [0.25, 0.3) is 5.89 Å². The van der Waals surface area contributed by atoms with Crippen molar-refractivity contribution in [1.29, 1.82) is 0 Å². The minimum atomic E-state index is 0.0681.